The minimum atomic E-state index is -0.272. The quantitative estimate of drug-likeness (QED) is 0.406. The molecule has 126 valence electrons. The van der Waals surface area contributed by atoms with Gasteiger partial charge in [-0.15, -0.1) is 11.3 Å². The average Bonchev–Trinajstić information content (AvgIpc) is 3.19. The molecule has 0 atom stereocenters. The molecule has 0 aliphatic heterocycles. The van der Waals surface area contributed by atoms with Crippen molar-refractivity contribution in [1.29, 1.82) is 0 Å². The van der Waals surface area contributed by atoms with Crippen molar-refractivity contribution < 1.29 is 4.39 Å². The van der Waals surface area contributed by atoms with E-state index in [2.05, 4.69) is 45.4 Å². The van der Waals surface area contributed by atoms with Crippen LogP contribution in [-0.4, -0.2) is 21.2 Å². The number of benzene rings is 1. The molecule has 7 heteroatoms. The molecular weight excluding hydrogens is 337 g/mol. The number of halogens is 1. The molecule has 4 aromatic rings. The molecule has 3 heterocycles. The number of fused-ring (bicyclic) bond motifs is 2. The molecule has 0 amide bonds. The molecule has 0 bridgehead atoms. The number of hydrogen-bond donors (Lipinski definition) is 2. The number of nitrogens with zero attached hydrogens (tertiary/aromatic N) is 3. The number of hydrogen-bond acceptors (Lipinski definition) is 5. The van der Waals surface area contributed by atoms with Crippen LogP contribution in [0.1, 0.15) is 30.2 Å². The lowest BCUT2D eigenvalue weighted by Crippen LogP contribution is -1.94. The third-order valence-corrected chi connectivity index (χ3v) is 5.31. The summed E-state index contributed by atoms with van der Waals surface area (Å²) in [4.78, 5) is 13.9. The van der Waals surface area contributed by atoms with Crippen LogP contribution >= 0.6 is 11.3 Å². The monoisotopic (exact) mass is 353 g/mol. The summed E-state index contributed by atoms with van der Waals surface area (Å²) < 4.78 is 13.4. The molecule has 0 spiro atoms. The molecule has 1 aromatic carbocycles. The topological polar surface area (TPSA) is 66.0 Å². The molecule has 2 N–H and O–H groups in total. The standard InChI is InChI=1S/C18H16FN5S/c1-10(2)16-6-14-17(21-9-22-18(14)25-16)24-23-8-11-7-20-15-4-3-12(19)5-13(11)15/h3-10,20H,1-2H3,(H,21,22,24)/b23-8-. The van der Waals surface area contributed by atoms with E-state index >= 15 is 0 Å². The van der Waals surface area contributed by atoms with Crippen LogP contribution in [0.15, 0.2) is 41.9 Å². The van der Waals surface area contributed by atoms with Crippen LogP contribution in [0.4, 0.5) is 10.2 Å². The fraction of sp³-hybridized carbons (Fsp3) is 0.167. The van der Waals surface area contributed by atoms with Crippen LogP contribution < -0.4 is 5.43 Å². The van der Waals surface area contributed by atoms with Gasteiger partial charge in [0.1, 0.15) is 17.0 Å². The van der Waals surface area contributed by atoms with Crippen LogP contribution in [0.2, 0.25) is 0 Å². The second-order valence-corrected chi connectivity index (χ2v) is 7.11. The second-order valence-electron chi connectivity index (χ2n) is 6.05. The molecule has 0 saturated carbocycles. The van der Waals surface area contributed by atoms with E-state index in [0.717, 1.165) is 26.7 Å². The molecule has 0 radical (unpaired) electrons. The lowest BCUT2D eigenvalue weighted by molar-refractivity contribution is 0.629. The summed E-state index contributed by atoms with van der Waals surface area (Å²) in [5.41, 5.74) is 4.65. The Labute approximate surface area is 147 Å². The Kier molecular flexibility index (Phi) is 3.93. The first-order valence-electron chi connectivity index (χ1n) is 7.92. The van der Waals surface area contributed by atoms with Crippen LogP contribution in [0.25, 0.3) is 21.1 Å². The zero-order chi connectivity index (χ0) is 17.4. The van der Waals surface area contributed by atoms with Gasteiger partial charge in [0.25, 0.3) is 0 Å². The molecule has 0 aliphatic rings. The van der Waals surface area contributed by atoms with Crippen LogP contribution in [0.5, 0.6) is 0 Å². The summed E-state index contributed by atoms with van der Waals surface area (Å²) in [6, 6.07) is 6.73. The molecular formula is C18H16FN5S. The lowest BCUT2D eigenvalue weighted by atomic mass is 10.2. The maximum absolute atomic E-state index is 13.4. The normalized spacial score (nSPS) is 12.0. The SMILES string of the molecule is CC(C)c1cc2c(N/N=C\c3c[nH]c4ccc(F)cc34)ncnc2s1. The number of nitrogens with one attached hydrogen (secondary N) is 2. The molecule has 0 aliphatic carbocycles. The zero-order valence-electron chi connectivity index (χ0n) is 13.7. The van der Waals surface area contributed by atoms with E-state index < -0.39 is 0 Å². The van der Waals surface area contributed by atoms with Crippen molar-refractivity contribution in [3.63, 3.8) is 0 Å². The van der Waals surface area contributed by atoms with Gasteiger partial charge < -0.3 is 4.98 Å². The predicted molar refractivity (Wildman–Crippen MR) is 101 cm³/mol. The van der Waals surface area contributed by atoms with Gasteiger partial charge in [0.2, 0.25) is 0 Å². The van der Waals surface area contributed by atoms with E-state index in [1.807, 2.05) is 0 Å². The van der Waals surface area contributed by atoms with Gasteiger partial charge in [-0.2, -0.15) is 5.10 Å². The van der Waals surface area contributed by atoms with Crippen LogP contribution in [0.3, 0.4) is 0 Å². The van der Waals surface area contributed by atoms with E-state index in [1.165, 1.54) is 23.3 Å². The maximum Gasteiger partial charge on any atom is 0.158 e. The number of thiophene rings is 1. The van der Waals surface area contributed by atoms with Crippen molar-refractivity contribution in [3.8, 4) is 0 Å². The number of H-pyrrole nitrogens is 1. The smallest absolute Gasteiger partial charge is 0.158 e. The van der Waals surface area contributed by atoms with Gasteiger partial charge in [-0.1, -0.05) is 13.8 Å². The molecule has 0 unspecified atom stereocenters. The second kappa shape index (κ2) is 6.25. The molecule has 0 saturated heterocycles. The largest absolute Gasteiger partial charge is 0.361 e. The minimum Gasteiger partial charge on any atom is -0.361 e. The number of aromatic nitrogens is 3. The average molecular weight is 353 g/mol. The van der Waals surface area contributed by atoms with Gasteiger partial charge in [0.05, 0.1) is 11.6 Å². The van der Waals surface area contributed by atoms with E-state index in [0.29, 0.717) is 11.7 Å². The van der Waals surface area contributed by atoms with Crippen molar-refractivity contribution in [3.05, 3.63) is 53.0 Å². The predicted octanol–water partition coefficient (Wildman–Crippen LogP) is 4.88. The Hall–Kier alpha value is -2.80. The highest BCUT2D eigenvalue weighted by molar-refractivity contribution is 7.18. The highest BCUT2D eigenvalue weighted by Gasteiger charge is 2.10. The third-order valence-electron chi connectivity index (χ3n) is 3.97. The first kappa shape index (κ1) is 15.7. The summed E-state index contributed by atoms with van der Waals surface area (Å²) in [6.45, 7) is 4.30. The molecule has 4 rings (SSSR count). The number of anilines is 1. The van der Waals surface area contributed by atoms with Crippen molar-refractivity contribution in [2.75, 3.05) is 5.43 Å². The van der Waals surface area contributed by atoms with Gasteiger partial charge in [-0.25, -0.2) is 14.4 Å². The summed E-state index contributed by atoms with van der Waals surface area (Å²) in [6.07, 6.45) is 4.98. The Balaban J connectivity index is 1.63. The summed E-state index contributed by atoms with van der Waals surface area (Å²) in [7, 11) is 0. The fourth-order valence-corrected chi connectivity index (χ4v) is 3.63. The number of hydrazone groups is 1. The Morgan fingerprint density at radius 3 is 2.96 bits per heavy atom. The zero-order valence-corrected chi connectivity index (χ0v) is 14.6. The van der Waals surface area contributed by atoms with E-state index in [4.69, 9.17) is 0 Å². The van der Waals surface area contributed by atoms with Crippen molar-refractivity contribution >= 4 is 44.5 Å². The first-order valence-corrected chi connectivity index (χ1v) is 8.73. The molecule has 3 aromatic heterocycles. The van der Waals surface area contributed by atoms with Crippen molar-refractivity contribution in [2.45, 2.75) is 19.8 Å². The Morgan fingerprint density at radius 1 is 1.24 bits per heavy atom. The highest BCUT2D eigenvalue weighted by Crippen LogP contribution is 2.32. The first-order chi connectivity index (χ1) is 12.1. The maximum atomic E-state index is 13.4. The third kappa shape index (κ3) is 2.98. The lowest BCUT2D eigenvalue weighted by Gasteiger charge is -2.00. The van der Waals surface area contributed by atoms with Crippen LogP contribution in [-0.2, 0) is 0 Å². The van der Waals surface area contributed by atoms with Crippen molar-refractivity contribution in [1.82, 2.24) is 15.0 Å². The van der Waals surface area contributed by atoms with E-state index in [9.17, 15) is 4.39 Å². The van der Waals surface area contributed by atoms with Crippen LogP contribution in [0, 0.1) is 5.82 Å². The summed E-state index contributed by atoms with van der Waals surface area (Å²) >= 11 is 1.66. The van der Waals surface area contributed by atoms with Crippen molar-refractivity contribution in [2.24, 2.45) is 5.10 Å². The summed E-state index contributed by atoms with van der Waals surface area (Å²) in [5.74, 6) is 0.832. The Bertz CT molecular complexity index is 1080. The van der Waals surface area contributed by atoms with E-state index in [-0.39, 0.29) is 5.82 Å². The van der Waals surface area contributed by atoms with Gasteiger partial charge in [-0.3, -0.25) is 5.43 Å². The van der Waals surface area contributed by atoms with Gasteiger partial charge in [0, 0.05) is 27.5 Å². The Morgan fingerprint density at radius 2 is 2.12 bits per heavy atom. The minimum absolute atomic E-state index is 0.272. The fourth-order valence-electron chi connectivity index (χ4n) is 2.63. The van der Waals surface area contributed by atoms with E-state index in [1.54, 1.807) is 29.8 Å². The summed E-state index contributed by atoms with van der Waals surface area (Å²) in [5, 5.41) is 6.01. The van der Waals surface area contributed by atoms with Gasteiger partial charge >= 0.3 is 0 Å². The van der Waals surface area contributed by atoms with Gasteiger partial charge in [-0.05, 0) is 30.2 Å². The molecule has 5 nitrogen and oxygen atoms in total. The molecule has 25 heavy (non-hydrogen) atoms. The number of aromatic amines is 1. The highest BCUT2D eigenvalue weighted by atomic mass is 32.1. The van der Waals surface area contributed by atoms with Gasteiger partial charge in [0.15, 0.2) is 5.82 Å². The molecule has 0 fully saturated rings. The number of rotatable bonds is 4.